The number of imidazole rings is 1. The lowest BCUT2D eigenvalue weighted by Crippen LogP contribution is -2.32. The summed E-state index contributed by atoms with van der Waals surface area (Å²) >= 11 is 0. The second-order valence-electron chi connectivity index (χ2n) is 6.24. The van der Waals surface area contributed by atoms with E-state index in [9.17, 15) is 5.11 Å². The molecule has 3 N–H and O–H groups in total. The average molecular weight is 354 g/mol. The number of rotatable bonds is 7. The normalized spacial score (nSPS) is 17.0. The molecule has 1 fully saturated rings. The molecule has 136 valence electrons. The largest absolute Gasteiger partial charge is 0.492 e. The third kappa shape index (κ3) is 3.41. The van der Waals surface area contributed by atoms with E-state index in [0.29, 0.717) is 24.6 Å². The van der Waals surface area contributed by atoms with Crippen molar-refractivity contribution >= 4 is 22.9 Å². The van der Waals surface area contributed by atoms with Crippen molar-refractivity contribution in [2.75, 3.05) is 36.5 Å². The van der Waals surface area contributed by atoms with Gasteiger partial charge < -0.3 is 25.0 Å². The van der Waals surface area contributed by atoms with Crippen LogP contribution in [0.4, 0.5) is 11.8 Å². The quantitative estimate of drug-likeness (QED) is 0.556. The van der Waals surface area contributed by atoms with Gasteiger partial charge >= 0.3 is 0 Å². The molecular weight excluding hydrogens is 332 g/mol. The third-order valence-corrected chi connectivity index (χ3v) is 4.54. The molecule has 0 radical (unpaired) electrons. The van der Waals surface area contributed by atoms with Gasteiger partial charge in [-0.1, -0.05) is 18.2 Å². The Morgan fingerprint density at radius 1 is 1.27 bits per heavy atom. The van der Waals surface area contributed by atoms with Gasteiger partial charge in [0.15, 0.2) is 11.5 Å². The molecule has 2 aromatic heterocycles. The molecule has 1 aliphatic rings. The number of ether oxygens (including phenoxy) is 1. The Labute approximate surface area is 151 Å². The molecule has 1 atom stereocenters. The summed E-state index contributed by atoms with van der Waals surface area (Å²) in [5.74, 6) is 2.28. The van der Waals surface area contributed by atoms with Crippen LogP contribution in [-0.2, 0) is 0 Å². The smallest absolute Gasteiger partial charge is 0.205 e. The van der Waals surface area contributed by atoms with Crippen molar-refractivity contribution in [1.29, 1.82) is 0 Å². The highest BCUT2D eigenvalue weighted by Gasteiger charge is 2.26. The fourth-order valence-electron chi connectivity index (χ4n) is 3.25. The molecule has 8 nitrogen and oxygen atoms in total. The second kappa shape index (κ2) is 7.57. The number of nitrogens with one attached hydrogen (secondary N) is 2. The highest BCUT2D eigenvalue weighted by atomic mass is 16.5. The van der Waals surface area contributed by atoms with Crippen molar-refractivity contribution in [2.45, 2.75) is 18.9 Å². The topological polar surface area (TPSA) is 99.2 Å². The number of aromatic nitrogens is 4. The van der Waals surface area contributed by atoms with E-state index in [0.717, 1.165) is 36.6 Å². The van der Waals surface area contributed by atoms with Crippen LogP contribution in [0, 0.1) is 0 Å². The number of benzene rings is 1. The standard InChI is InChI=1S/C18H22N6O2/c25-11-13-5-4-9-24(13)18-22-15-16(20-12-21-17(15)23-18)19-8-10-26-14-6-2-1-3-7-14/h1-3,6-7,12-13,25H,4-5,8-11H2,(H2,19,20,21,22,23). The maximum atomic E-state index is 9.53. The molecule has 1 aromatic carbocycles. The maximum Gasteiger partial charge on any atom is 0.205 e. The zero-order valence-electron chi connectivity index (χ0n) is 14.4. The molecule has 3 heterocycles. The molecule has 0 amide bonds. The molecule has 0 aliphatic carbocycles. The van der Waals surface area contributed by atoms with Crippen molar-refractivity contribution in [3.05, 3.63) is 36.7 Å². The van der Waals surface area contributed by atoms with E-state index >= 15 is 0 Å². The number of aliphatic hydroxyl groups excluding tert-OH is 1. The summed E-state index contributed by atoms with van der Waals surface area (Å²) in [7, 11) is 0. The van der Waals surface area contributed by atoms with Gasteiger partial charge in [-0.2, -0.15) is 4.98 Å². The number of fused-ring (bicyclic) bond motifs is 1. The Morgan fingerprint density at radius 2 is 2.15 bits per heavy atom. The molecule has 1 saturated heterocycles. The van der Waals surface area contributed by atoms with Crippen LogP contribution in [0.2, 0.25) is 0 Å². The van der Waals surface area contributed by atoms with Gasteiger partial charge in [-0.15, -0.1) is 0 Å². The van der Waals surface area contributed by atoms with Crippen LogP contribution >= 0.6 is 0 Å². The monoisotopic (exact) mass is 354 g/mol. The third-order valence-electron chi connectivity index (χ3n) is 4.54. The van der Waals surface area contributed by atoms with Gasteiger partial charge in [0.1, 0.15) is 24.2 Å². The Bertz CT molecular complexity index is 853. The van der Waals surface area contributed by atoms with Gasteiger partial charge in [-0.25, -0.2) is 9.97 Å². The number of hydrogen-bond acceptors (Lipinski definition) is 7. The molecule has 3 aromatic rings. The molecule has 1 aliphatic heterocycles. The Morgan fingerprint density at radius 3 is 3.00 bits per heavy atom. The Balaban J connectivity index is 1.44. The fourth-order valence-corrected chi connectivity index (χ4v) is 3.25. The van der Waals surface area contributed by atoms with Crippen molar-refractivity contribution in [2.24, 2.45) is 0 Å². The van der Waals surface area contributed by atoms with Crippen molar-refractivity contribution in [1.82, 2.24) is 19.9 Å². The van der Waals surface area contributed by atoms with Crippen LogP contribution in [0.3, 0.4) is 0 Å². The van der Waals surface area contributed by atoms with Crippen LogP contribution in [0.1, 0.15) is 12.8 Å². The first kappa shape index (κ1) is 16.6. The predicted molar refractivity (Wildman–Crippen MR) is 99.6 cm³/mol. The van der Waals surface area contributed by atoms with Gasteiger partial charge in [0.05, 0.1) is 19.2 Å². The summed E-state index contributed by atoms with van der Waals surface area (Å²) in [5.41, 5.74) is 1.39. The predicted octanol–water partition coefficient (Wildman–Crippen LogP) is 1.80. The van der Waals surface area contributed by atoms with Crippen molar-refractivity contribution in [3.8, 4) is 5.75 Å². The molecule has 0 bridgehead atoms. The molecule has 26 heavy (non-hydrogen) atoms. The first-order valence-corrected chi connectivity index (χ1v) is 8.85. The minimum absolute atomic E-state index is 0.110. The summed E-state index contributed by atoms with van der Waals surface area (Å²) < 4.78 is 5.69. The van der Waals surface area contributed by atoms with E-state index in [1.807, 2.05) is 30.3 Å². The maximum absolute atomic E-state index is 9.53. The minimum atomic E-state index is 0.110. The SMILES string of the molecule is OCC1CCCN1c1nc2ncnc(NCCOc3ccccc3)c2[nH]1. The van der Waals surface area contributed by atoms with Crippen LogP contribution in [0.5, 0.6) is 5.75 Å². The van der Waals surface area contributed by atoms with Crippen LogP contribution < -0.4 is 15.0 Å². The first-order valence-electron chi connectivity index (χ1n) is 8.85. The van der Waals surface area contributed by atoms with E-state index in [-0.39, 0.29) is 12.6 Å². The minimum Gasteiger partial charge on any atom is -0.492 e. The molecule has 8 heteroatoms. The molecule has 1 unspecified atom stereocenters. The van der Waals surface area contributed by atoms with Gasteiger partial charge in [0.25, 0.3) is 0 Å². The molecule has 0 saturated carbocycles. The highest BCUT2D eigenvalue weighted by Crippen LogP contribution is 2.26. The van der Waals surface area contributed by atoms with E-state index < -0.39 is 0 Å². The van der Waals surface area contributed by atoms with E-state index in [1.54, 1.807) is 0 Å². The van der Waals surface area contributed by atoms with Gasteiger partial charge in [-0.3, -0.25) is 0 Å². The number of hydrogen-bond donors (Lipinski definition) is 3. The lowest BCUT2D eigenvalue weighted by atomic mass is 10.2. The average Bonchev–Trinajstić information content (AvgIpc) is 3.32. The number of aliphatic hydroxyl groups is 1. The number of aromatic amines is 1. The summed E-state index contributed by atoms with van der Waals surface area (Å²) in [6.45, 7) is 2.14. The zero-order valence-corrected chi connectivity index (χ0v) is 14.4. The lowest BCUT2D eigenvalue weighted by molar-refractivity contribution is 0.265. The number of H-pyrrole nitrogens is 1. The van der Waals surface area contributed by atoms with Crippen LogP contribution in [0.15, 0.2) is 36.7 Å². The summed E-state index contributed by atoms with van der Waals surface area (Å²) in [4.78, 5) is 18.5. The highest BCUT2D eigenvalue weighted by molar-refractivity contribution is 5.84. The number of nitrogens with zero attached hydrogens (tertiary/aromatic N) is 4. The van der Waals surface area contributed by atoms with Crippen LogP contribution in [-0.4, -0.2) is 57.4 Å². The second-order valence-corrected chi connectivity index (χ2v) is 6.24. The fraction of sp³-hybridized carbons (Fsp3) is 0.389. The van der Waals surface area contributed by atoms with Gasteiger partial charge in [0, 0.05) is 6.54 Å². The Kier molecular flexibility index (Phi) is 4.83. The summed E-state index contributed by atoms with van der Waals surface area (Å²) in [6.07, 6.45) is 3.53. The number of para-hydroxylation sites is 1. The van der Waals surface area contributed by atoms with E-state index in [1.165, 1.54) is 6.33 Å². The summed E-state index contributed by atoms with van der Waals surface area (Å²) in [6, 6.07) is 9.82. The Hall–Kier alpha value is -2.87. The van der Waals surface area contributed by atoms with Gasteiger partial charge in [0.2, 0.25) is 5.95 Å². The molecule has 4 rings (SSSR count). The zero-order chi connectivity index (χ0) is 17.8. The first-order chi connectivity index (χ1) is 12.8. The lowest BCUT2D eigenvalue weighted by Gasteiger charge is -2.21. The number of anilines is 2. The summed E-state index contributed by atoms with van der Waals surface area (Å²) in [5, 5.41) is 12.8. The van der Waals surface area contributed by atoms with E-state index in [4.69, 9.17) is 4.74 Å². The van der Waals surface area contributed by atoms with Crippen LogP contribution in [0.25, 0.3) is 11.2 Å². The van der Waals surface area contributed by atoms with Crippen molar-refractivity contribution in [3.63, 3.8) is 0 Å². The van der Waals surface area contributed by atoms with E-state index in [2.05, 4.69) is 30.2 Å². The molecule has 0 spiro atoms. The van der Waals surface area contributed by atoms with Gasteiger partial charge in [-0.05, 0) is 25.0 Å². The molecular formula is C18H22N6O2. The van der Waals surface area contributed by atoms with Crippen molar-refractivity contribution < 1.29 is 9.84 Å².